The van der Waals surface area contributed by atoms with E-state index in [2.05, 4.69) is 25.7 Å². The highest BCUT2D eigenvalue weighted by atomic mass is 32.2. The molecule has 4 aliphatic rings. The monoisotopic (exact) mass is 456 g/mol. The van der Waals surface area contributed by atoms with Crippen molar-refractivity contribution in [3.8, 4) is 0 Å². The molecule has 6 rings (SSSR count). The molecule has 9 nitrogen and oxygen atoms in total. The molecular weight excluding hydrogens is 428 g/mol. The smallest absolute Gasteiger partial charge is 0.412 e. The summed E-state index contributed by atoms with van der Waals surface area (Å²) in [6, 6.07) is 7.89. The van der Waals surface area contributed by atoms with E-state index in [1.807, 2.05) is 42.2 Å². The predicted octanol–water partition coefficient (Wildman–Crippen LogP) is 2.48. The summed E-state index contributed by atoms with van der Waals surface area (Å²) < 4.78 is 5.76. The zero-order valence-corrected chi connectivity index (χ0v) is 18.7. The van der Waals surface area contributed by atoms with Crippen molar-refractivity contribution >= 4 is 29.5 Å². The molecule has 10 heteroatoms. The van der Waals surface area contributed by atoms with Gasteiger partial charge in [0.15, 0.2) is 0 Å². The Morgan fingerprint density at radius 3 is 2.75 bits per heavy atom. The number of ether oxygens (including phenoxy) is 1. The predicted molar refractivity (Wildman–Crippen MR) is 122 cm³/mol. The van der Waals surface area contributed by atoms with Crippen LogP contribution in [-0.4, -0.2) is 57.2 Å². The molecule has 1 aromatic carbocycles. The maximum atomic E-state index is 12.0. The maximum absolute atomic E-state index is 12.0. The number of hydrogen-bond donors (Lipinski definition) is 4. The second-order valence-corrected chi connectivity index (χ2v) is 9.91. The lowest BCUT2D eigenvalue weighted by molar-refractivity contribution is -0.0336. The van der Waals surface area contributed by atoms with Gasteiger partial charge in [-0.15, -0.1) is 11.8 Å². The van der Waals surface area contributed by atoms with Crippen LogP contribution in [0.15, 0.2) is 35.4 Å². The van der Waals surface area contributed by atoms with Crippen molar-refractivity contribution < 1.29 is 14.6 Å². The summed E-state index contributed by atoms with van der Waals surface area (Å²) in [5.74, 6) is 1.73. The molecule has 1 saturated carbocycles. The van der Waals surface area contributed by atoms with Gasteiger partial charge in [-0.05, 0) is 18.9 Å². The van der Waals surface area contributed by atoms with Crippen LogP contribution in [0.4, 0.5) is 16.4 Å². The Bertz CT molecular complexity index is 1010. The van der Waals surface area contributed by atoms with Crippen LogP contribution in [0.1, 0.15) is 36.9 Å². The number of anilines is 2. The molecule has 3 aliphatic heterocycles. The van der Waals surface area contributed by atoms with Crippen LogP contribution in [-0.2, 0) is 16.8 Å². The van der Waals surface area contributed by atoms with Crippen LogP contribution >= 0.6 is 11.8 Å². The average molecular weight is 457 g/mol. The zero-order chi connectivity index (χ0) is 22.2. The molecule has 0 atom stereocenters. The quantitative estimate of drug-likeness (QED) is 0.551. The summed E-state index contributed by atoms with van der Waals surface area (Å²) in [7, 11) is 0. The molecule has 5 N–H and O–H groups in total. The molecule has 2 aromatic rings. The van der Waals surface area contributed by atoms with Crippen molar-refractivity contribution in [1.82, 2.24) is 15.0 Å². The van der Waals surface area contributed by atoms with Crippen LogP contribution < -0.4 is 16.5 Å². The largest absolute Gasteiger partial charge is 0.438 e. The summed E-state index contributed by atoms with van der Waals surface area (Å²) in [5, 5.41) is 13.2. The maximum Gasteiger partial charge on any atom is 0.412 e. The van der Waals surface area contributed by atoms with Crippen LogP contribution in [0, 0.1) is 0 Å². The average Bonchev–Trinajstić information content (AvgIpc) is 3.37. The highest BCUT2D eigenvalue weighted by Crippen LogP contribution is 2.43. The van der Waals surface area contributed by atoms with Gasteiger partial charge in [0, 0.05) is 60.3 Å². The number of aromatic nitrogens is 2. The fourth-order valence-electron chi connectivity index (χ4n) is 4.19. The topological polar surface area (TPSA) is 126 Å². The van der Waals surface area contributed by atoms with E-state index in [1.165, 1.54) is 4.90 Å². The van der Waals surface area contributed by atoms with E-state index in [0.29, 0.717) is 5.95 Å². The van der Waals surface area contributed by atoms with Gasteiger partial charge < -0.3 is 15.6 Å². The second-order valence-electron chi connectivity index (χ2n) is 8.78. The van der Waals surface area contributed by atoms with Gasteiger partial charge in [0.2, 0.25) is 5.95 Å². The summed E-state index contributed by atoms with van der Waals surface area (Å²) in [5.41, 5.74) is 11.0. The Kier molecular flexibility index (Phi) is 5.70. The molecule has 2 fully saturated rings. The summed E-state index contributed by atoms with van der Waals surface area (Å²) >= 11 is 1.81. The lowest BCUT2D eigenvalue weighted by Crippen LogP contribution is -2.49. The van der Waals surface area contributed by atoms with Gasteiger partial charge in [0.25, 0.3) is 0 Å². The van der Waals surface area contributed by atoms with E-state index in [-0.39, 0.29) is 18.2 Å². The van der Waals surface area contributed by atoms with E-state index in [9.17, 15) is 4.79 Å². The lowest BCUT2D eigenvalue weighted by atomic mass is 9.83. The van der Waals surface area contributed by atoms with Gasteiger partial charge in [-0.1, -0.05) is 18.2 Å². The Labute approximate surface area is 191 Å². The van der Waals surface area contributed by atoms with E-state index >= 15 is 0 Å². The van der Waals surface area contributed by atoms with Crippen molar-refractivity contribution in [2.24, 2.45) is 5.73 Å². The molecule has 32 heavy (non-hydrogen) atoms. The Balaban J connectivity index is 0.000000314. The molecule has 1 aromatic heterocycles. The minimum Gasteiger partial charge on any atom is -0.438 e. The van der Waals surface area contributed by atoms with Crippen molar-refractivity contribution in [2.75, 3.05) is 36.2 Å². The van der Waals surface area contributed by atoms with Gasteiger partial charge >= 0.3 is 6.09 Å². The number of thioether (sulfide) groups is 1. The number of piperidine rings is 1. The highest BCUT2D eigenvalue weighted by Gasteiger charge is 2.44. The van der Waals surface area contributed by atoms with Crippen molar-refractivity contribution in [2.45, 2.75) is 48.1 Å². The molecule has 170 valence electrons. The van der Waals surface area contributed by atoms with E-state index in [0.717, 1.165) is 67.9 Å². The number of carbonyl (C=O) groups is 1. The number of fused-ring (bicyclic) bond motifs is 3. The molecule has 4 heterocycles. The standard InChI is InChI=1S/C18H19N5O2S.C4H9NO/c24-17-21-13-4-2-1-3-12(13)18(25-17)6-8-23(9-7-18)22-16-19-11-15-14(20-16)5-10-26-15;5-4(3-6)1-2-4/h1-4,11H,5-10H2,(H,21,24)(H,19,20,22);6H,1-3,5H2. The van der Waals surface area contributed by atoms with Gasteiger partial charge in [0.05, 0.1) is 18.0 Å². The molecule has 1 aliphatic carbocycles. The number of nitrogens with two attached hydrogens (primary N) is 1. The number of aliphatic hydroxyl groups excluding tert-OH is 1. The number of rotatable bonds is 3. The number of carbonyl (C=O) groups excluding carboxylic acids is 1. The number of aryl methyl sites for hydroxylation is 1. The fourth-order valence-corrected chi connectivity index (χ4v) is 5.14. The number of nitrogens with one attached hydrogen (secondary N) is 2. The SMILES string of the molecule is NC1(CO)CC1.O=C1Nc2ccccc2C2(CCN(Nc3ncc4c(n3)CCS4)CC2)O1. The molecule has 1 spiro atoms. The van der Waals surface area contributed by atoms with Crippen LogP contribution in [0.3, 0.4) is 0 Å². The first-order valence-electron chi connectivity index (χ1n) is 11.0. The first kappa shape index (κ1) is 21.4. The number of aliphatic hydroxyl groups is 1. The van der Waals surface area contributed by atoms with E-state index in [4.69, 9.17) is 15.6 Å². The molecule has 1 amide bonds. The van der Waals surface area contributed by atoms with Crippen molar-refractivity contribution in [3.63, 3.8) is 0 Å². The third kappa shape index (κ3) is 4.40. The molecule has 0 bridgehead atoms. The molecule has 1 saturated heterocycles. The number of hydrogen-bond acceptors (Lipinski definition) is 9. The number of nitrogens with zero attached hydrogens (tertiary/aromatic N) is 3. The third-order valence-corrected chi connectivity index (χ3v) is 7.47. The summed E-state index contributed by atoms with van der Waals surface area (Å²) in [4.78, 5) is 22.2. The Morgan fingerprint density at radius 2 is 2.03 bits per heavy atom. The second kappa shape index (κ2) is 8.51. The zero-order valence-electron chi connectivity index (χ0n) is 17.8. The summed E-state index contributed by atoms with van der Waals surface area (Å²) in [6.07, 6.45) is 5.99. The molecule has 0 radical (unpaired) electrons. The lowest BCUT2D eigenvalue weighted by Gasteiger charge is -2.44. The Morgan fingerprint density at radius 1 is 1.25 bits per heavy atom. The molecule has 0 unspecified atom stereocenters. The minimum absolute atomic E-state index is 0.153. The Hall–Kier alpha value is -2.40. The van der Waals surface area contributed by atoms with Crippen LogP contribution in [0.25, 0.3) is 0 Å². The highest BCUT2D eigenvalue weighted by molar-refractivity contribution is 7.99. The van der Waals surface area contributed by atoms with Gasteiger partial charge in [0.1, 0.15) is 5.60 Å². The van der Waals surface area contributed by atoms with E-state index in [1.54, 1.807) is 0 Å². The summed E-state index contributed by atoms with van der Waals surface area (Å²) in [6.45, 7) is 1.65. The van der Waals surface area contributed by atoms with Crippen molar-refractivity contribution in [1.29, 1.82) is 0 Å². The number of para-hydroxylation sites is 1. The minimum atomic E-state index is -0.549. The fraction of sp³-hybridized carbons (Fsp3) is 0.500. The van der Waals surface area contributed by atoms with E-state index < -0.39 is 5.60 Å². The number of hydrazine groups is 1. The van der Waals surface area contributed by atoms with Gasteiger partial charge in [-0.3, -0.25) is 10.7 Å². The molecular formula is C22H28N6O3S. The van der Waals surface area contributed by atoms with Gasteiger partial charge in [-0.2, -0.15) is 0 Å². The van der Waals surface area contributed by atoms with Crippen LogP contribution in [0.2, 0.25) is 0 Å². The first-order chi connectivity index (χ1) is 15.5. The normalized spacial score (nSPS) is 22.0. The van der Waals surface area contributed by atoms with Gasteiger partial charge in [-0.25, -0.2) is 19.8 Å². The van der Waals surface area contributed by atoms with Crippen LogP contribution in [0.5, 0.6) is 0 Å². The van der Waals surface area contributed by atoms with Crippen molar-refractivity contribution in [3.05, 3.63) is 41.7 Å². The number of benzene rings is 1. The number of amides is 1. The third-order valence-electron chi connectivity index (χ3n) is 6.40. The first-order valence-corrected chi connectivity index (χ1v) is 12.0.